The molecule has 1 atom stereocenters. The summed E-state index contributed by atoms with van der Waals surface area (Å²) in [5.74, 6) is -0.460. The molecule has 48 heavy (non-hydrogen) atoms. The summed E-state index contributed by atoms with van der Waals surface area (Å²) in [4.78, 5) is 65.4. The van der Waals surface area contributed by atoms with Crippen LogP contribution in [0.5, 0.6) is 0 Å². The zero-order valence-electron chi connectivity index (χ0n) is 28.8. The molecule has 0 spiro atoms. The number of hydrazine groups is 1. The number of aromatic nitrogens is 2. The quantitative estimate of drug-likeness (QED) is 0.333. The Morgan fingerprint density at radius 1 is 0.958 bits per heavy atom. The molecule has 0 aliphatic carbocycles. The molecule has 4 rings (SSSR count). The Morgan fingerprint density at radius 2 is 1.62 bits per heavy atom. The lowest BCUT2D eigenvalue weighted by Gasteiger charge is -2.38. The summed E-state index contributed by atoms with van der Waals surface area (Å²) in [6, 6.07) is 10.0. The number of nitrogens with one attached hydrogen (secondary N) is 1. The van der Waals surface area contributed by atoms with Crippen molar-refractivity contribution in [1.82, 2.24) is 30.1 Å². The van der Waals surface area contributed by atoms with Crippen molar-refractivity contribution in [2.24, 2.45) is 0 Å². The van der Waals surface area contributed by atoms with Gasteiger partial charge in [-0.3, -0.25) is 19.4 Å². The van der Waals surface area contributed by atoms with Gasteiger partial charge in [0.05, 0.1) is 19.8 Å². The van der Waals surface area contributed by atoms with Crippen LogP contribution in [0.25, 0.3) is 11.4 Å². The van der Waals surface area contributed by atoms with Crippen molar-refractivity contribution in [2.45, 2.75) is 65.5 Å². The molecule has 2 aliphatic rings. The second-order valence-electron chi connectivity index (χ2n) is 12.7. The molecule has 1 unspecified atom stereocenters. The molecule has 2 fully saturated rings. The van der Waals surface area contributed by atoms with Crippen molar-refractivity contribution in [3.8, 4) is 11.4 Å². The van der Waals surface area contributed by atoms with Crippen LogP contribution >= 0.6 is 0 Å². The largest absolute Gasteiger partial charge is 0.460 e. The van der Waals surface area contributed by atoms with E-state index in [0.717, 1.165) is 12.0 Å². The second kappa shape index (κ2) is 17.2. The summed E-state index contributed by atoms with van der Waals surface area (Å²) in [6.45, 7) is 13.7. The number of carbonyl (C=O) groups is 4. The second-order valence-corrected chi connectivity index (χ2v) is 12.7. The lowest BCUT2D eigenvalue weighted by atomic mass is 10.1. The third kappa shape index (κ3) is 10.3. The number of anilines is 1. The van der Waals surface area contributed by atoms with Gasteiger partial charge < -0.3 is 29.3 Å². The Bertz CT molecular complexity index is 1390. The summed E-state index contributed by atoms with van der Waals surface area (Å²) >= 11 is 0. The third-order valence-electron chi connectivity index (χ3n) is 7.78. The van der Waals surface area contributed by atoms with Crippen molar-refractivity contribution in [3.63, 3.8) is 0 Å². The minimum absolute atomic E-state index is 0.0246. The number of carbonyl (C=O) groups excluding carboxylic acids is 4. The molecule has 14 heteroatoms. The fourth-order valence-electron chi connectivity index (χ4n) is 5.50. The number of nitrogens with zero attached hydrogens (tertiary/aromatic N) is 6. The molecule has 2 aliphatic heterocycles. The van der Waals surface area contributed by atoms with Crippen LogP contribution in [0.1, 0.15) is 64.4 Å². The Hall–Kier alpha value is -4.30. The predicted octanol–water partition coefficient (Wildman–Crippen LogP) is 3.13. The van der Waals surface area contributed by atoms with E-state index in [1.54, 1.807) is 43.6 Å². The molecule has 0 radical (unpaired) electrons. The van der Waals surface area contributed by atoms with Gasteiger partial charge in [-0.2, -0.15) is 0 Å². The summed E-state index contributed by atoms with van der Waals surface area (Å²) in [5, 5.41) is 7.09. The van der Waals surface area contributed by atoms with Gasteiger partial charge in [0.2, 0.25) is 5.91 Å². The molecule has 14 nitrogen and oxygen atoms in total. The maximum absolute atomic E-state index is 14.0. The van der Waals surface area contributed by atoms with Crippen LogP contribution in [0.15, 0.2) is 36.4 Å². The standard InChI is InChI=1S/C34H49N7O7/c1-6-15-41(40-20-22-46-23-21-40)28-24-27(35-30(37-28)25-11-9-8-10-12-25)31(43)36-26(13-14-29(42)48-34(3,4)5)32(44)38-16-18-39(19-17-38)33(45)47-7-2/h8-12,24,26H,6-7,13-23H2,1-5H3,(H,36,43). The van der Waals surface area contributed by atoms with E-state index >= 15 is 0 Å². The fourth-order valence-corrected chi connectivity index (χ4v) is 5.50. The number of ether oxygens (including phenoxy) is 3. The van der Waals surface area contributed by atoms with Crippen molar-refractivity contribution in [1.29, 1.82) is 0 Å². The highest BCUT2D eigenvalue weighted by Crippen LogP contribution is 2.23. The van der Waals surface area contributed by atoms with E-state index in [-0.39, 0.29) is 44.1 Å². The molecular formula is C34H49N7O7. The van der Waals surface area contributed by atoms with E-state index < -0.39 is 29.6 Å². The van der Waals surface area contributed by atoms with Crippen LogP contribution in [0.4, 0.5) is 10.6 Å². The van der Waals surface area contributed by atoms with Crippen molar-refractivity contribution >= 4 is 29.7 Å². The molecule has 3 amide bonds. The van der Waals surface area contributed by atoms with E-state index in [0.29, 0.717) is 57.6 Å². The number of piperazine rings is 1. The highest BCUT2D eigenvalue weighted by molar-refractivity contribution is 5.97. The van der Waals surface area contributed by atoms with Crippen molar-refractivity contribution in [3.05, 3.63) is 42.1 Å². The first kappa shape index (κ1) is 36.5. The first-order valence-electron chi connectivity index (χ1n) is 16.8. The lowest BCUT2D eigenvalue weighted by molar-refractivity contribution is -0.155. The van der Waals surface area contributed by atoms with Crippen LogP contribution in [-0.4, -0.2) is 126 Å². The highest BCUT2D eigenvalue weighted by Gasteiger charge is 2.32. The van der Waals surface area contributed by atoms with Gasteiger partial charge in [-0.1, -0.05) is 37.3 Å². The van der Waals surface area contributed by atoms with E-state index in [1.807, 2.05) is 30.3 Å². The Morgan fingerprint density at radius 3 is 2.25 bits per heavy atom. The van der Waals surface area contributed by atoms with E-state index in [9.17, 15) is 19.2 Å². The first-order valence-corrected chi connectivity index (χ1v) is 16.8. The molecule has 1 N–H and O–H groups in total. The minimum atomic E-state index is -1.04. The van der Waals surface area contributed by atoms with E-state index in [4.69, 9.17) is 19.2 Å². The Labute approximate surface area is 282 Å². The lowest BCUT2D eigenvalue weighted by Crippen LogP contribution is -2.56. The number of morpholine rings is 1. The SMILES string of the molecule is CCCN(c1cc(C(=O)NC(CCC(=O)OC(C)(C)C)C(=O)N2CCN(C(=O)OCC)CC2)nc(-c2ccccc2)n1)N1CCOCC1. The number of amides is 3. The monoisotopic (exact) mass is 667 g/mol. The van der Waals surface area contributed by atoms with Crippen molar-refractivity contribution < 1.29 is 33.4 Å². The van der Waals surface area contributed by atoms with Crippen LogP contribution in [0.2, 0.25) is 0 Å². The number of hydrogen-bond donors (Lipinski definition) is 1. The van der Waals surface area contributed by atoms with Gasteiger partial charge in [-0.05, 0) is 40.5 Å². The minimum Gasteiger partial charge on any atom is -0.460 e. The van der Waals surface area contributed by atoms with Crippen LogP contribution in [0, 0.1) is 0 Å². The topological polar surface area (TPSA) is 147 Å². The summed E-state index contributed by atoms with van der Waals surface area (Å²) in [5.41, 5.74) is 0.138. The average Bonchev–Trinajstić information content (AvgIpc) is 3.08. The fraction of sp³-hybridized carbons (Fsp3) is 0.588. The molecule has 1 aromatic heterocycles. The normalized spacial score (nSPS) is 16.2. The highest BCUT2D eigenvalue weighted by atomic mass is 16.6. The summed E-state index contributed by atoms with van der Waals surface area (Å²) < 4.78 is 16.2. The maximum atomic E-state index is 14.0. The van der Waals surface area contributed by atoms with Gasteiger partial charge in [0.25, 0.3) is 5.91 Å². The van der Waals surface area contributed by atoms with Crippen molar-refractivity contribution in [2.75, 3.05) is 70.6 Å². The van der Waals surface area contributed by atoms with Gasteiger partial charge >= 0.3 is 12.1 Å². The van der Waals surface area contributed by atoms with Gasteiger partial charge in [0.15, 0.2) is 5.82 Å². The van der Waals surface area contributed by atoms with Crippen LogP contribution in [-0.2, 0) is 23.8 Å². The summed E-state index contributed by atoms with van der Waals surface area (Å²) in [7, 11) is 0. The molecule has 0 saturated carbocycles. The average molecular weight is 668 g/mol. The molecule has 2 aromatic rings. The van der Waals surface area contributed by atoms with Gasteiger partial charge in [-0.15, -0.1) is 0 Å². The molecule has 0 bridgehead atoms. The van der Waals surface area contributed by atoms with Gasteiger partial charge in [0.1, 0.15) is 23.2 Å². The van der Waals surface area contributed by atoms with Crippen LogP contribution < -0.4 is 10.3 Å². The molecule has 3 heterocycles. The maximum Gasteiger partial charge on any atom is 0.409 e. The number of rotatable bonds is 12. The van der Waals surface area contributed by atoms with Gasteiger partial charge in [0, 0.05) is 63.9 Å². The number of benzene rings is 1. The molecule has 1 aromatic carbocycles. The molecule has 2 saturated heterocycles. The third-order valence-corrected chi connectivity index (χ3v) is 7.78. The molecular weight excluding hydrogens is 618 g/mol. The van der Waals surface area contributed by atoms with Gasteiger partial charge in [-0.25, -0.2) is 19.8 Å². The van der Waals surface area contributed by atoms with Crippen LogP contribution in [0.3, 0.4) is 0 Å². The van der Waals surface area contributed by atoms with E-state index in [1.165, 1.54) is 0 Å². The smallest absolute Gasteiger partial charge is 0.409 e. The first-order chi connectivity index (χ1) is 23.0. The zero-order valence-corrected chi connectivity index (χ0v) is 28.8. The number of hydrogen-bond acceptors (Lipinski definition) is 11. The molecule has 262 valence electrons. The summed E-state index contributed by atoms with van der Waals surface area (Å²) in [6.07, 6.45) is 0.357. The number of esters is 1. The van der Waals surface area contributed by atoms with E-state index in [2.05, 4.69) is 27.2 Å². The Kier molecular flexibility index (Phi) is 13.1. The zero-order chi connectivity index (χ0) is 34.7. The predicted molar refractivity (Wildman–Crippen MR) is 179 cm³/mol. The Balaban J connectivity index is 1.61.